The SMILES string of the molecule is CN1c2ccccc2C(c2ccccc2)(c2ccccc2)c2c(-c3cccc4c(-c5cccc6c5C(c5ccccc5)(c5ccccc5)c5ccccc5-6)c5cccc(-c6cccc7c6C(c6ccccc6)(c6ccccc6)c6ccccc6N7C)c5cc34)cccc21. The van der Waals surface area contributed by atoms with Crippen molar-refractivity contribution in [1.29, 1.82) is 0 Å². The Labute approximate surface area is 544 Å². The highest BCUT2D eigenvalue weighted by Crippen LogP contribution is 2.63. The summed E-state index contributed by atoms with van der Waals surface area (Å²) in [5.74, 6) is 0. The van der Waals surface area contributed by atoms with Gasteiger partial charge < -0.3 is 9.80 Å². The Balaban J connectivity index is 1.02. The van der Waals surface area contributed by atoms with Gasteiger partial charge in [0.25, 0.3) is 0 Å². The number of para-hydroxylation sites is 2. The minimum atomic E-state index is -0.717. The largest absolute Gasteiger partial charge is 0.344 e. The van der Waals surface area contributed by atoms with E-state index in [1.54, 1.807) is 0 Å². The Kier molecular flexibility index (Phi) is 12.4. The third-order valence-electron chi connectivity index (χ3n) is 21.1. The van der Waals surface area contributed by atoms with Gasteiger partial charge in [0, 0.05) is 48.0 Å². The van der Waals surface area contributed by atoms with Crippen molar-refractivity contribution >= 4 is 44.3 Å². The molecule has 0 saturated heterocycles. The average Bonchev–Trinajstić information content (AvgIpc) is 1.52. The third kappa shape index (κ3) is 7.58. The maximum absolute atomic E-state index is 2.58. The van der Waals surface area contributed by atoms with Crippen LogP contribution in [0.3, 0.4) is 0 Å². The fraction of sp³-hybridized carbons (Fsp3) is 0.0549. The number of hydrogen-bond acceptors (Lipinski definition) is 2. The monoisotopic (exact) mass is 1180 g/mol. The van der Waals surface area contributed by atoms with Gasteiger partial charge in [-0.3, -0.25) is 0 Å². The Morgan fingerprint density at radius 3 is 0.860 bits per heavy atom. The zero-order valence-electron chi connectivity index (χ0n) is 51.9. The zero-order chi connectivity index (χ0) is 61.8. The molecule has 2 heteroatoms. The Morgan fingerprint density at radius 1 is 0.194 bits per heavy atom. The van der Waals surface area contributed by atoms with Crippen molar-refractivity contribution in [2.45, 2.75) is 16.2 Å². The Morgan fingerprint density at radius 2 is 0.462 bits per heavy atom. The van der Waals surface area contributed by atoms with Crippen LogP contribution >= 0.6 is 0 Å². The Bertz CT molecular complexity index is 5040. The molecule has 2 aliphatic heterocycles. The molecule has 438 valence electrons. The standard InChI is InChI=1S/C91H64N2/c1-92-81-56-25-23-54-79(81)90(63-36-13-5-14-37-63,64-38-15-6-16-39-64)87-72(50-30-58-83(87)92)67-45-27-47-70-76(67)60-77-68(73-51-31-59-84-88(73)91(65-40-17-7-18-41-65,66-42-19-8-20-43-66)80-55-24-26-57-82(80)93(84)2)46-28-48-71(77)85(70)75-52-29-49-74-69-44-21-22-53-78(69)89(86(74)75,61-32-9-3-10-33-61)62-34-11-4-12-35-62/h3-60H,1-2H3. The summed E-state index contributed by atoms with van der Waals surface area (Å²) in [7, 11) is 4.51. The van der Waals surface area contributed by atoms with Crippen molar-refractivity contribution in [2.75, 3.05) is 23.9 Å². The van der Waals surface area contributed by atoms with Crippen molar-refractivity contribution in [2.24, 2.45) is 0 Å². The number of anilines is 4. The fourth-order valence-electron chi connectivity index (χ4n) is 17.5. The molecule has 0 spiro atoms. The first-order valence-corrected chi connectivity index (χ1v) is 32.5. The quantitative estimate of drug-likeness (QED) is 0.133. The molecule has 0 amide bonds. The normalized spacial score (nSPS) is 14.3. The highest BCUT2D eigenvalue weighted by molar-refractivity contribution is 6.21. The van der Waals surface area contributed by atoms with E-state index in [4.69, 9.17) is 0 Å². The zero-order valence-corrected chi connectivity index (χ0v) is 51.9. The number of benzene rings is 15. The van der Waals surface area contributed by atoms with E-state index < -0.39 is 16.2 Å². The van der Waals surface area contributed by atoms with Gasteiger partial charge in [0.15, 0.2) is 0 Å². The van der Waals surface area contributed by atoms with Crippen LogP contribution in [0.1, 0.15) is 66.8 Å². The lowest BCUT2D eigenvalue weighted by Gasteiger charge is -2.46. The van der Waals surface area contributed by atoms with Crippen molar-refractivity contribution in [3.05, 3.63) is 419 Å². The molecule has 2 nitrogen and oxygen atoms in total. The second-order valence-electron chi connectivity index (χ2n) is 25.3. The maximum Gasteiger partial charge on any atom is 0.0748 e. The molecule has 3 aliphatic rings. The lowest BCUT2D eigenvalue weighted by molar-refractivity contribution is 0.729. The lowest BCUT2D eigenvalue weighted by atomic mass is 9.60. The molecule has 0 saturated carbocycles. The summed E-state index contributed by atoms with van der Waals surface area (Å²) in [6.45, 7) is 0. The molecule has 0 unspecified atom stereocenters. The van der Waals surface area contributed by atoms with Crippen LogP contribution in [0.4, 0.5) is 22.7 Å². The topological polar surface area (TPSA) is 6.48 Å². The van der Waals surface area contributed by atoms with E-state index in [9.17, 15) is 0 Å². The van der Waals surface area contributed by atoms with Crippen molar-refractivity contribution in [1.82, 2.24) is 0 Å². The highest BCUT2D eigenvalue weighted by atomic mass is 15.1. The van der Waals surface area contributed by atoms with Gasteiger partial charge in [0.2, 0.25) is 0 Å². The molecular formula is C91H64N2. The minimum absolute atomic E-state index is 0.683. The predicted octanol–water partition coefficient (Wildman–Crippen LogP) is 22.3. The van der Waals surface area contributed by atoms with Crippen LogP contribution in [-0.2, 0) is 16.2 Å². The van der Waals surface area contributed by atoms with Crippen LogP contribution in [-0.4, -0.2) is 14.1 Å². The van der Waals surface area contributed by atoms with E-state index in [-0.39, 0.29) is 0 Å². The van der Waals surface area contributed by atoms with Gasteiger partial charge in [0.1, 0.15) is 0 Å². The van der Waals surface area contributed by atoms with E-state index in [1.165, 1.54) is 156 Å². The molecule has 15 aromatic rings. The molecule has 93 heavy (non-hydrogen) atoms. The molecule has 0 radical (unpaired) electrons. The molecule has 2 heterocycles. The molecule has 1 aliphatic carbocycles. The maximum atomic E-state index is 2.58. The van der Waals surface area contributed by atoms with Gasteiger partial charge >= 0.3 is 0 Å². The molecular weight excluding hydrogens is 1120 g/mol. The van der Waals surface area contributed by atoms with Gasteiger partial charge in [-0.1, -0.05) is 322 Å². The minimum Gasteiger partial charge on any atom is -0.344 e. The first-order chi connectivity index (χ1) is 46.0. The van der Waals surface area contributed by atoms with Crippen molar-refractivity contribution < 1.29 is 0 Å². The van der Waals surface area contributed by atoms with Crippen molar-refractivity contribution in [3.8, 4) is 44.5 Å². The summed E-state index contributed by atoms with van der Waals surface area (Å²) < 4.78 is 0. The molecule has 0 fully saturated rings. The van der Waals surface area contributed by atoms with E-state index in [2.05, 4.69) is 376 Å². The number of hydrogen-bond donors (Lipinski definition) is 0. The molecule has 0 aromatic heterocycles. The number of rotatable bonds is 9. The van der Waals surface area contributed by atoms with Crippen LogP contribution in [0.2, 0.25) is 0 Å². The lowest BCUT2D eigenvalue weighted by Crippen LogP contribution is -2.38. The van der Waals surface area contributed by atoms with Gasteiger partial charge in [0.05, 0.1) is 16.2 Å². The first-order valence-electron chi connectivity index (χ1n) is 32.5. The van der Waals surface area contributed by atoms with Gasteiger partial charge in [-0.25, -0.2) is 0 Å². The average molecular weight is 1190 g/mol. The van der Waals surface area contributed by atoms with Crippen LogP contribution in [0, 0.1) is 0 Å². The van der Waals surface area contributed by atoms with Crippen LogP contribution in [0.25, 0.3) is 66.1 Å². The summed E-state index contributed by atoms with van der Waals surface area (Å²) in [6.07, 6.45) is 0. The number of nitrogens with zero attached hydrogens (tertiary/aromatic N) is 2. The van der Waals surface area contributed by atoms with Gasteiger partial charge in [-0.05, 0) is 152 Å². The summed E-state index contributed by atoms with van der Waals surface area (Å²) in [5, 5.41) is 4.74. The predicted molar refractivity (Wildman–Crippen MR) is 388 cm³/mol. The van der Waals surface area contributed by atoms with E-state index in [0.29, 0.717) is 0 Å². The second kappa shape index (κ2) is 21.3. The second-order valence-corrected chi connectivity index (χ2v) is 25.3. The molecule has 0 atom stereocenters. The summed E-state index contributed by atoms with van der Waals surface area (Å²) >= 11 is 0. The highest BCUT2D eigenvalue weighted by Gasteiger charge is 2.51. The molecule has 0 N–H and O–H groups in total. The molecule has 15 aromatic carbocycles. The van der Waals surface area contributed by atoms with E-state index in [0.717, 1.165) is 0 Å². The summed E-state index contributed by atoms with van der Waals surface area (Å²) in [6, 6.07) is 133. The molecule has 0 bridgehead atoms. The van der Waals surface area contributed by atoms with Gasteiger partial charge in [-0.15, -0.1) is 0 Å². The van der Waals surface area contributed by atoms with Crippen LogP contribution in [0.15, 0.2) is 352 Å². The summed E-state index contributed by atoms with van der Waals surface area (Å²) in [4.78, 5) is 4.86. The van der Waals surface area contributed by atoms with Gasteiger partial charge in [-0.2, -0.15) is 0 Å². The Hall–Kier alpha value is -11.6. The fourth-order valence-corrected chi connectivity index (χ4v) is 17.5. The first kappa shape index (κ1) is 54.4. The van der Waals surface area contributed by atoms with Crippen LogP contribution in [0.5, 0.6) is 0 Å². The van der Waals surface area contributed by atoms with Crippen LogP contribution < -0.4 is 9.80 Å². The van der Waals surface area contributed by atoms with E-state index in [1.807, 2.05) is 0 Å². The molecule has 18 rings (SSSR count). The van der Waals surface area contributed by atoms with Crippen molar-refractivity contribution in [3.63, 3.8) is 0 Å². The summed E-state index contributed by atoms with van der Waals surface area (Å²) in [5.41, 5.74) is 27.2. The van der Waals surface area contributed by atoms with E-state index >= 15 is 0 Å². The third-order valence-corrected chi connectivity index (χ3v) is 21.1. The number of fused-ring (bicyclic) bond motifs is 9. The smallest absolute Gasteiger partial charge is 0.0748 e.